The van der Waals surface area contributed by atoms with Crippen LogP contribution in [0.5, 0.6) is 0 Å². The van der Waals surface area contributed by atoms with Gasteiger partial charge in [0.1, 0.15) is 15.7 Å². The Morgan fingerprint density at radius 1 is 1.23 bits per heavy atom. The fourth-order valence-electron chi connectivity index (χ4n) is 1.62. The number of rotatable bonds is 6. The second-order valence-corrected chi connectivity index (χ2v) is 6.13. The summed E-state index contributed by atoms with van der Waals surface area (Å²) < 4.78 is 5.21. The largest absolute Gasteiger partial charge is 0.462 e. The van der Waals surface area contributed by atoms with Crippen LogP contribution in [0.3, 0.4) is 0 Å². The van der Waals surface area contributed by atoms with E-state index in [1.54, 1.807) is 0 Å². The molecule has 0 amide bonds. The minimum absolute atomic E-state index is 0.0000652. The third-order valence-electron chi connectivity index (χ3n) is 2.70. The molecule has 4 nitrogen and oxygen atoms in total. The second-order valence-electron chi connectivity index (χ2n) is 4.37. The van der Waals surface area contributed by atoms with Crippen LogP contribution >= 0.6 is 35.0 Å². The van der Waals surface area contributed by atoms with E-state index in [0.717, 1.165) is 17.7 Å². The fourth-order valence-corrected chi connectivity index (χ4v) is 3.11. The maximum Gasteiger partial charge on any atom is 0.344 e. The van der Waals surface area contributed by atoms with Crippen LogP contribution in [0.1, 0.15) is 30.1 Å². The molecule has 0 radical (unpaired) electrons. The van der Waals surface area contributed by atoms with Crippen molar-refractivity contribution in [1.29, 1.82) is 0 Å². The molecule has 7 heteroatoms. The van der Waals surface area contributed by atoms with E-state index in [4.69, 9.17) is 27.9 Å². The van der Waals surface area contributed by atoms with Gasteiger partial charge in [-0.25, -0.2) is 14.8 Å². The second kappa shape index (κ2) is 8.36. The van der Waals surface area contributed by atoms with Crippen molar-refractivity contribution in [1.82, 2.24) is 9.97 Å². The highest BCUT2D eigenvalue weighted by Crippen LogP contribution is 2.32. The summed E-state index contributed by atoms with van der Waals surface area (Å²) in [5.74, 6) is -0.534. The van der Waals surface area contributed by atoms with Gasteiger partial charge in [0.15, 0.2) is 0 Å². The quantitative estimate of drug-likeness (QED) is 0.319. The van der Waals surface area contributed by atoms with Crippen LogP contribution in [-0.4, -0.2) is 22.5 Å². The molecule has 22 heavy (non-hydrogen) atoms. The number of benzene rings is 1. The van der Waals surface area contributed by atoms with Crippen molar-refractivity contribution in [2.75, 3.05) is 6.61 Å². The Kier molecular flexibility index (Phi) is 6.49. The van der Waals surface area contributed by atoms with E-state index < -0.39 is 5.97 Å². The van der Waals surface area contributed by atoms with Crippen LogP contribution in [0.25, 0.3) is 0 Å². The minimum atomic E-state index is -0.534. The van der Waals surface area contributed by atoms with E-state index in [1.165, 1.54) is 11.8 Å². The molecule has 2 aromatic rings. The van der Waals surface area contributed by atoms with E-state index in [0.29, 0.717) is 11.6 Å². The maximum absolute atomic E-state index is 12.2. The van der Waals surface area contributed by atoms with Gasteiger partial charge in [0.05, 0.1) is 6.61 Å². The first-order valence-electron chi connectivity index (χ1n) is 6.75. The monoisotopic (exact) mass is 356 g/mol. The van der Waals surface area contributed by atoms with Crippen molar-refractivity contribution in [3.63, 3.8) is 0 Å². The molecule has 0 aliphatic heterocycles. The molecule has 0 atom stereocenters. The van der Waals surface area contributed by atoms with Crippen molar-refractivity contribution in [2.24, 2.45) is 0 Å². The molecule has 0 saturated carbocycles. The summed E-state index contributed by atoms with van der Waals surface area (Å²) in [5, 5.41) is 0.381. The predicted octanol–water partition coefficient (Wildman–Crippen LogP) is 4.89. The first kappa shape index (κ1) is 17.1. The molecule has 0 saturated heterocycles. The molecule has 0 bridgehead atoms. The lowest BCUT2D eigenvalue weighted by molar-refractivity contribution is 0.0494. The Hall–Kier alpha value is -1.30. The number of hydrogen-bond acceptors (Lipinski definition) is 5. The van der Waals surface area contributed by atoms with Crippen LogP contribution in [0.4, 0.5) is 0 Å². The first-order valence-corrected chi connectivity index (χ1v) is 8.32. The van der Waals surface area contributed by atoms with E-state index in [2.05, 4.69) is 9.97 Å². The van der Waals surface area contributed by atoms with Gasteiger partial charge in [-0.2, -0.15) is 0 Å². The van der Waals surface area contributed by atoms with Crippen molar-refractivity contribution in [3.05, 3.63) is 46.3 Å². The lowest BCUT2D eigenvalue weighted by atomic mass is 10.3. The van der Waals surface area contributed by atoms with Crippen LogP contribution in [0.2, 0.25) is 10.4 Å². The smallest absolute Gasteiger partial charge is 0.344 e. The molecule has 0 aliphatic carbocycles. The summed E-state index contributed by atoms with van der Waals surface area (Å²) in [4.78, 5) is 21.1. The van der Waals surface area contributed by atoms with Crippen molar-refractivity contribution >= 4 is 40.9 Å². The zero-order chi connectivity index (χ0) is 15.9. The summed E-state index contributed by atoms with van der Waals surface area (Å²) >= 11 is 13.2. The summed E-state index contributed by atoms with van der Waals surface area (Å²) in [7, 11) is 0. The highest BCUT2D eigenvalue weighted by Gasteiger charge is 2.22. The molecule has 0 aliphatic rings. The normalized spacial score (nSPS) is 10.5. The Morgan fingerprint density at radius 2 is 1.95 bits per heavy atom. The third kappa shape index (κ3) is 4.60. The summed E-state index contributed by atoms with van der Waals surface area (Å²) in [6.07, 6.45) is 1.72. The molecule has 0 spiro atoms. The van der Waals surface area contributed by atoms with E-state index in [1.807, 2.05) is 37.3 Å². The maximum atomic E-state index is 12.2. The van der Waals surface area contributed by atoms with Gasteiger partial charge in [-0.3, -0.25) is 0 Å². The Balaban J connectivity index is 2.29. The van der Waals surface area contributed by atoms with Crippen molar-refractivity contribution in [3.8, 4) is 0 Å². The van der Waals surface area contributed by atoms with Crippen LogP contribution in [0.15, 0.2) is 40.3 Å². The number of carbonyl (C=O) groups excluding carboxylic acids is 1. The van der Waals surface area contributed by atoms with Gasteiger partial charge < -0.3 is 4.74 Å². The average molecular weight is 357 g/mol. The zero-order valence-electron chi connectivity index (χ0n) is 11.9. The van der Waals surface area contributed by atoms with Crippen LogP contribution in [-0.2, 0) is 4.74 Å². The van der Waals surface area contributed by atoms with Gasteiger partial charge in [-0.15, -0.1) is 0 Å². The minimum Gasteiger partial charge on any atom is -0.462 e. The summed E-state index contributed by atoms with van der Waals surface area (Å²) in [5.41, 5.74) is 0.149. The molecule has 0 unspecified atom stereocenters. The zero-order valence-corrected chi connectivity index (χ0v) is 14.2. The molecule has 1 aromatic carbocycles. The number of esters is 1. The van der Waals surface area contributed by atoms with Gasteiger partial charge in [-0.1, -0.05) is 54.9 Å². The van der Waals surface area contributed by atoms with Gasteiger partial charge in [0.25, 0.3) is 0 Å². The van der Waals surface area contributed by atoms with Gasteiger partial charge in [0.2, 0.25) is 5.28 Å². The fraction of sp³-hybridized carbons (Fsp3) is 0.267. The number of unbranched alkanes of at least 4 members (excludes halogenated alkanes) is 1. The van der Waals surface area contributed by atoms with Crippen molar-refractivity contribution in [2.45, 2.75) is 29.7 Å². The first-order chi connectivity index (χ1) is 10.6. The summed E-state index contributed by atoms with van der Waals surface area (Å²) in [6.45, 7) is 2.35. The lowest BCUT2D eigenvalue weighted by Crippen LogP contribution is -2.10. The molecule has 0 fully saturated rings. The molecule has 2 rings (SSSR count). The Bertz CT molecular complexity index is 653. The molecule has 0 N–H and O–H groups in total. The average Bonchev–Trinajstić information content (AvgIpc) is 2.47. The molecular formula is C15H14Cl2N2O2S. The van der Waals surface area contributed by atoms with Gasteiger partial charge in [0, 0.05) is 4.90 Å². The Morgan fingerprint density at radius 3 is 2.64 bits per heavy atom. The van der Waals surface area contributed by atoms with Crippen molar-refractivity contribution < 1.29 is 9.53 Å². The number of carbonyl (C=O) groups is 1. The van der Waals surface area contributed by atoms with Gasteiger partial charge >= 0.3 is 5.97 Å². The number of hydrogen-bond donors (Lipinski definition) is 0. The molecule has 1 heterocycles. The highest BCUT2D eigenvalue weighted by molar-refractivity contribution is 7.99. The van der Waals surface area contributed by atoms with E-state index in [-0.39, 0.29) is 16.0 Å². The molecule has 1 aromatic heterocycles. The SMILES string of the molecule is CCCCOC(=O)c1c(Cl)nc(Cl)nc1Sc1ccccc1. The standard InChI is InChI=1S/C15H14Cl2N2O2S/c1-2-3-9-21-14(20)11-12(16)18-15(17)19-13(11)22-10-7-5-4-6-8-10/h4-8H,2-3,9H2,1H3. The predicted molar refractivity (Wildman–Crippen MR) is 87.8 cm³/mol. The highest BCUT2D eigenvalue weighted by atomic mass is 35.5. The Labute approximate surface area is 143 Å². The van der Waals surface area contributed by atoms with Crippen LogP contribution < -0.4 is 0 Å². The third-order valence-corrected chi connectivity index (χ3v) is 4.14. The number of halogens is 2. The summed E-state index contributed by atoms with van der Waals surface area (Å²) in [6, 6.07) is 9.50. The number of aromatic nitrogens is 2. The number of ether oxygens (including phenoxy) is 1. The van der Waals surface area contributed by atoms with E-state index >= 15 is 0 Å². The topological polar surface area (TPSA) is 52.1 Å². The molecule has 116 valence electrons. The van der Waals surface area contributed by atoms with Gasteiger partial charge in [-0.05, 0) is 30.2 Å². The van der Waals surface area contributed by atoms with E-state index in [9.17, 15) is 4.79 Å². The lowest BCUT2D eigenvalue weighted by Gasteiger charge is -2.10. The number of nitrogens with zero attached hydrogens (tertiary/aromatic N) is 2. The van der Waals surface area contributed by atoms with Crippen LogP contribution in [0, 0.1) is 0 Å². The molecular weight excluding hydrogens is 343 g/mol.